The van der Waals surface area contributed by atoms with Gasteiger partial charge in [0.1, 0.15) is 12.3 Å². The van der Waals surface area contributed by atoms with Crippen molar-refractivity contribution < 1.29 is 0 Å². The molecule has 2 aliphatic heterocycles. The fourth-order valence-electron chi connectivity index (χ4n) is 6.51. The number of fused-ring (bicyclic) bond motifs is 3. The molecular formula is C32H40N4S2. The van der Waals surface area contributed by atoms with E-state index in [1.54, 1.807) is 0 Å². The van der Waals surface area contributed by atoms with E-state index in [1.807, 2.05) is 22.7 Å². The van der Waals surface area contributed by atoms with E-state index < -0.39 is 0 Å². The van der Waals surface area contributed by atoms with Gasteiger partial charge in [0.2, 0.25) is 0 Å². The smallest absolute Gasteiger partial charge is 0.138 e. The zero-order valence-electron chi connectivity index (χ0n) is 23.8. The lowest BCUT2D eigenvalue weighted by Crippen LogP contribution is -2.42. The molecule has 0 N–H and O–H groups in total. The van der Waals surface area contributed by atoms with Crippen molar-refractivity contribution >= 4 is 54.8 Å². The van der Waals surface area contributed by atoms with Crippen LogP contribution in [0.25, 0.3) is 9.40 Å². The highest BCUT2D eigenvalue weighted by atomic mass is 32.1. The Morgan fingerprint density at radius 3 is 0.974 bits per heavy atom. The molecule has 6 heteroatoms. The maximum Gasteiger partial charge on any atom is 0.138 e. The van der Waals surface area contributed by atoms with E-state index in [0.29, 0.717) is 24.2 Å². The SMILES string of the molecule is CC(C)N1c2ccccc2N(C(C)C)C1c1cc2sc(C3N(C(C)C)c4ccccc4N3C(C)C)cc2s1. The molecule has 0 unspecified atom stereocenters. The Bertz CT molecular complexity index is 1240. The maximum absolute atomic E-state index is 2.61. The van der Waals surface area contributed by atoms with Gasteiger partial charge in [0.15, 0.2) is 0 Å². The fourth-order valence-corrected chi connectivity index (χ4v) is 9.13. The highest BCUT2D eigenvalue weighted by Gasteiger charge is 2.42. The van der Waals surface area contributed by atoms with Crippen LogP contribution in [0.5, 0.6) is 0 Å². The van der Waals surface area contributed by atoms with Crippen LogP contribution in [-0.4, -0.2) is 24.2 Å². The first kappa shape index (κ1) is 25.6. The fraction of sp³-hybridized carbons (Fsp3) is 0.438. The van der Waals surface area contributed by atoms with E-state index in [-0.39, 0.29) is 12.3 Å². The molecule has 4 nitrogen and oxygen atoms in total. The van der Waals surface area contributed by atoms with Gasteiger partial charge in [-0.15, -0.1) is 22.7 Å². The Labute approximate surface area is 236 Å². The molecule has 200 valence electrons. The van der Waals surface area contributed by atoms with E-state index in [2.05, 4.69) is 136 Å². The summed E-state index contributed by atoms with van der Waals surface area (Å²) in [7, 11) is 0. The largest absolute Gasteiger partial charge is 0.343 e. The molecule has 0 spiro atoms. The molecule has 0 radical (unpaired) electrons. The molecule has 0 atom stereocenters. The third kappa shape index (κ3) is 3.83. The molecule has 2 aromatic heterocycles. The number of thiophene rings is 2. The van der Waals surface area contributed by atoms with Crippen molar-refractivity contribution in [3.05, 3.63) is 70.4 Å². The third-order valence-corrected chi connectivity index (χ3v) is 10.3. The summed E-state index contributed by atoms with van der Waals surface area (Å²) in [6.45, 7) is 18.6. The molecule has 6 rings (SSSR count). The van der Waals surface area contributed by atoms with E-state index in [9.17, 15) is 0 Å². The first-order valence-electron chi connectivity index (χ1n) is 14.0. The van der Waals surface area contributed by atoms with Gasteiger partial charge in [0.25, 0.3) is 0 Å². The highest BCUT2D eigenvalue weighted by Crippen LogP contribution is 2.53. The number of hydrogen-bond acceptors (Lipinski definition) is 6. The average molecular weight is 545 g/mol. The Morgan fingerprint density at radius 2 is 0.737 bits per heavy atom. The van der Waals surface area contributed by atoms with Crippen LogP contribution >= 0.6 is 22.7 Å². The van der Waals surface area contributed by atoms with Gasteiger partial charge in [-0.3, -0.25) is 0 Å². The number of para-hydroxylation sites is 4. The molecule has 0 bridgehead atoms. The third-order valence-electron chi connectivity index (χ3n) is 7.91. The van der Waals surface area contributed by atoms with Crippen LogP contribution in [0.4, 0.5) is 22.7 Å². The minimum Gasteiger partial charge on any atom is -0.343 e. The normalized spacial score (nSPS) is 16.4. The van der Waals surface area contributed by atoms with Gasteiger partial charge in [-0.05, 0) is 91.8 Å². The molecule has 0 fully saturated rings. The van der Waals surface area contributed by atoms with Gasteiger partial charge < -0.3 is 19.6 Å². The van der Waals surface area contributed by atoms with Gasteiger partial charge in [-0.2, -0.15) is 0 Å². The summed E-state index contributed by atoms with van der Waals surface area (Å²) >= 11 is 3.96. The standard InChI is InChI=1S/C32H40N4S2/c1-19(2)33-23-13-9-10-14-24(23)34(20(3)4)31(33)29-17-27-28(37-29)18-30(38-27)32-35(21(5)6)25-15-11-12-16-26(25)36(32)22(7)8/h9-22,31-32H,1-8H3. The molecule has 4 aromatic rings. The highest BCUT2D eigenvalue weighted by molar-refractivity contribution is 7.27. The van der Waals surface area contributed by atoms with E-state index in [0.717, 1.165) is 0 Å². The second-order valence-corrected chi connectivity index (χ2v) is 14.0. The van der Waals surface area contributed by atoms with Crippen molar-refractivity contribution in [3.8, 4) is 0 Å². The van der Waals surface area contributed by atoms with Crippen molar-refractivity contribution in [2.24, 2.45) is 0 Å². The summed E-state index contributed by atoms with van der Waals surface area (Å²) in [5.41, 5.74) is 5.40. The van der Waals surface area contributed by atoms with Crippen LogP contribution in [0.2, 0.25) is 0 Å². The first-order chi connectivity index (χ1) is 18.2. The van der Waals surface area contributed by atoms with Crippen molar-refractivity contribution in [1.29, 1.82) is 0 Å². The Hall–Kier alpha value is -2.70. The van der Waals surface area contributed by atoms with Crippen LogP contribution in [0.3, 0.4) is 0 Å². The molecular weight excluding hydrogens is 505 g/mol. The quantitative estimate of drug-likeness (QED) is 0.240. The van der Waals surface area contributed by atoms with Crippen LogP contribution in [0, 0.1) is 0 Å². The van der Waals surface area contributed by atoms with Crippen molar-refractivity contribution in [2.45, 2.75) is 91.9 Å². The van der Waals surface area contributed by atoms with Gasteiger partial charge in [-0.1, -0.05) is 24.3 Å². The maximum atomic E-state index is 2.61. The Balaban J connectivity index is 1.42. The first-order valence-corrected chi connectivity index (χ1v) is 15.7. The van der Waals surface area contributed by atoms with Crippen LogP contribution in [0.15, 0.2) is 60.7 Å². The van der Waals surface area contributed by atoms with Crippen LogP contribution < -0.4 is 19.6 Å². The molecule has 2 aromatic carbocycles. The predicted octanol–water partition coefficient (Wildman–Crippen LogP) is 9.25. The summed E-state index contributed by atoms with van der Waals surface area (Å²) in [5, 5.41) is 0. The van der Waals surface area contributed by atoms with Gasteiger partial charge in [0.05, 0.1) is 22.7 Å². The zero-order chi connectivity index (χ0) is 26.9. The van der Waals surface area contributed by atoms with Crippen molar-refractivity contribution in [1.82, 2.24) is 0 Å². The average Bonchev–Trinajstić information content (AvgIpc) is 3.59. The van der Waals surface area contributed by atoms with Gasteiger partial charge in [-0.25, -0.2) is 0 Å². The summed E-state index contributed by atoms with van der Waals surface area (Å²) in [6, 6.07) is 24.5. The Kier molecular flexibility index (Phi) is 6.39. The summed E-state index contributed by atoms with van der Waals surface area (Å²) in [5.74, 6) is 0. The zero-order valence-corrected chi connectivity index (χ0v) is 25.5. The number of hydrogen-bond donors (Lipinski definition) is 0. The molecule has 38 heavy (non-hydrogen) atoms. The lowest BCUT2D eigenvalue weighted by Gasteiger charge is -2.37. The van der Waals surface area contributed by atoms with E-state index in [1.165, 1.54) is 41.9 Å². The van der Waals surface area contributed by atoms with E-state index in [4.69, 9.17) is 0 Å². The lowest BCUT2D eigenvalue weighted by molar-refractivity contribution is 0.533. The summed E-state index contributed by atoms with van der Waals surface area (Å²) in [6.07, 6.45) is 0.464. The second-order valence-electron chi connectivity index (χ2n) is 11.8. The number of benzene rings is 2. The summed E-state index contributed by atoms with van der Waals surface area (Å²) in [4.78, 5) is 13.3. The number of rotatable bonds is 6. The number of nitrogens with zero attached hydrogens (tertiary/aromatic N) is 4. The molecule has 2 aliphatic rings. The van der Waals surface area contributed by atoms with Gasteiger partial charge >= 0.3 is 0 Å². The second kappa shape index (κ2) is 9.49. The molecule has 4 heterocycles. The lowest BCUT2D eigenvalue weighted by atomic mass is 10.2. The molecule has 0 aliphatic carbocycles. The molecule has 0 amide bonds. The van der Waals surface area contributed by atoms with Crippen molar-refractivity contribution in [3.63, 3.8) is 0 Å². The molecule has 0 saturated heterocycles. The van der Waals surface area contributed by atoms with E-state index >= 15 is 0 Å². The summed E-state index contributed by atoms with van der Waals surface area (Å²) < 4.78 is 2.82. The molecule has 0 saturated carbocycles. The van der Waals surface area contributed by atoms with Gasteiger partial charge in [0, 0.05) is 43.3 Å². The van der Waals surface area contributed by atoms with Crippen molar-refractivity contribution in [2.75, 3.05) is 19.6 Å². The minimum absolute atomic E-state index is 0.232. The topological polar surface area (TPSA) is 13.0 Å². The number of anilines is 4. The predicted molar refractivity (Wildman–Crippen MR) is 169 cm³/mol. The van der Waals surface area contributed by atoms with Crippen LogP contribution in [0.1, 0.15) is 77.5 Å². The monoisotopic (exact) mass is 544 g/mol. The van der Waals surface area contributed by atoms with Crippen LogP contribution in [-0.2, 0) is 0 Å². The Morgan fingerprint density at radius 1 is 0.474 bits per heavy atom. The minimum atomic E-state index is 0.232.